The summed E-state index contributed by atoms with van der Waals surface area (Å²) in [5.74, 6) is 1.50. The molecule has 2 N–H and O–H groups in total. The van der Waals surface area contributed by atoms with Gasteiger partial charge in [-0.05, 0) is 62.3 Å². The number of hydrogen-bond acceptors (Lipinski definition) is 10. The van der Waals surface area contributed by atoms with Crippen molar-refractivity contribution in [2.24, 2.45) is 5.10 Å². The maximum atomic E-state index is 10.7. The molecule has 0 amide bonds. The summed E-state index contributed by atoms with van der Waals surface area (Å²) < 4.78 is 10.5. The Balaban J connectivity index is 1.50. The van der Waals surface area contributed by atoms with Crippen LogP contribution >= 0.6 is 0 Å². The van der Waals surface area contributed by atoms with Crippen molar-refractivity contribution < 1.29 is 19.4 Å². The number of carboxylic acid groups (broad SMARTS) is 1. The van der Waals surface area contributed by atoms with Crippen LogP contribution in [-0.2, 0) is 4.79 Å². The summed E-state index contributed by atoms with van der Waals surface area (Å²) in [6.07, 6.45) is 8.65. The average Bonchev–Trinajstić information content (AvgIpc) is 2.88. The number of carboxylic acids is 1. The average molecular weight is 470 g/mol. The monoisotopic (exact) mass is 469 g/mol. The Morgan fingerprint density at radius 3 is 2.18 bits per heavy atom. The summed E-state index contributed by atoms with van der Waals surface area (Å²) in [4.78, 5) is 29.2. The molecule has 0 aliphatic carbocycles. The van der Waals surface area contributed by atoms with Crippen LogP contribution in [0.4, 0.5) is 17.8 Å². The van der Waals surface area contributed by atoms with Crippen LogP contribution in [0.2, 0.25) is 0 Å². The molecule has 2 aliphatic rings. The lowest BCUT2D eigenvalue weighted by molar-refractivity contribution is -0.139. The Hall–Kier alpha value is -3.63. The highest BCUT2D eigenvalue weighted by Gasteiger charge is 2.20. The fourth-order valence-electron chi connectivity index (χ4n) is 4.06. The summed E-state index contributed by atoms with van der Waals surface area (Å²) in [6, 6.07) is 5.12. The van der Waals surface area contributed by atoms with E-state index in [1.165, 1.54) is 20.0 Å². The predicted octanol–water partition coefficient (Wildman–Crippen LogP) is 2.77. The number of aromatic nitrogens is 3. The van der Waals surface area contributed by atoms with E-state index >= 15 is 0 Å². The minimum absolute atomic E-state index is 0.352. The van der Waals surface area contributed by atoms with E-state index in [1.807, 2.05) is 0 Å². The van der Waals surface area contributed by atoms with Gasteiger partial charge in [-0.2, -0.15) is 20.1 Å². The van der Waals surface area contributed by atoms with Crippen molar-refractivity contribution in [3.05, 3.63) is 23.8 Å². The summed E-state index contributed by atoms with van der Waals surface area (Å²) >= 11 is 0. The molecule has 0 atom stereocenters. The van der Waals surface area contributed by atoms with Gasteiger partial charge < -0.3 is 24.4 Å². The Morgan fingerprint density at radius 2 is 1.62 bits per heavy atom. The van der Waals surface area contributed by atoms with Crippen LogP contribution in [-0.4, -0.2) is 72.1 Å². The lowest BCUT2D eigenvalue weighted by Gasteiger charge is -2.30. The van der Waals surface area contributed by atoms with Crippen LogP contribution in [0.3, 0.4) is 0 Å². The number of ether oxygens (including phenoxy) is 2. The molecular weight excluding hydrogens is 438 g/mol. The van der Waals surface area contributed by atoms with Gasteiger partial charge in [-0.15, -0.1) is 0 Å². The van der Waals surface area contributed by atoms with E-state index in [4.69, 9.17) is 19.6 Å². The standard InChI is InChI=1S/C23H31N7O4/c1-33-19-14-17(8-9-18(19)34-16-20(31)32)15-24-28-21-25-22(29-10-4-2-5-11-29)27-23(26-21)30-12-6-3-7-13-30/h8-9,14-15H,2-7,10-13,16H2,1H3,(H,31,32)(H,25,26,27,28). The van der Waals surface area contributed by atoms with Crippen LogP contribution < -0.4 is 24.7 Å². The van der Waals surface area contributed by atoms with Gasteiger partial charge >= 0.3 is 5.97 Å². The molecule has 1 aromatic heterocycles. The highest BCUT2D eigenvalue weighted by atomic mass is 16.5. The topological polar surface area (TPSA) is 125 Å². The number of aliphatic carboxylic acids is 1. The number of rotatable bonds is 9. The molecule has 0 bridgehead atoms. The summed E-state index contributed by atoms with van der Waals surface area (Å²) in [6.45, 7) is 3.35. The van der Waals surface area contributed by atoms with Crippen molar-refractivity contribution in [2.75, 3.05) is 55.1 Å². The van der Waals surface area contributed by atoms with E-state index in [9.17, 15) is 4.79 Å². The molecule has 1 aromatic carbocycles. The molecule has 3 heterocycles. The Kier molecular flexibility index (Phi) is 7.95. The first-order chi connectivity index (χ1) is 16.6. The minimum atomic E-state index is -1.05. The van der Waals surface area contributed by atoms with Crippen LogP contribution in [0.15, 0.2) is 23.3 Å². The zero-order chi connectivity index (χ0) is 23.8. The third-order valence-corrected chi connectivity index (χ3v) is 5.81. The largest absolute Gasteiger partial charge is 0.493 e. The Labute approximate surface area is 198 Å². The molecule has 182 valence electrons. The van der Waals surface area contributed by atoms with Crippen LogP contribution in [0, 0.1) is 0 Å². The Morgan fingerprint density at radius 1 is 1.00 bits per heavy atom. The van der Waals surface area contributed by atoms with E-state index < -0.39 is 12.6 Å². The van der Waals surface area contributed by atoms with Crippen molar-refractivity contribution in [3.8, 4) is 11.5 Å². The molecule has 0 radical (unpaired) electrons. The predicted molar refractivity (Wildman–Crippen MR) is 129 cm³/mol. The zero-order valence-corrected chi connectivity index (χ0v) is 19.4. The number of carbonyl (C=O) groups is 1. The minimum Gasteiger partial charge on any atom is -0.493 e. The first-order valence-corrected chi connectivity index (χ1v) is 11.7. The van der Waals surface area contributed by atoms with E-state index in [1.54, 1.807) is 24.4 Å². The van der Waals surface area contributed by atoms with Crippen LogP contribution in [0.25, 0.3) is 0 Å². The number of methoxy groups -OCH3 is 1. The molecular formula is C23H31N7O4. The highest BCUT2D eigenvalue weighted by Crippen LogP contribution is 2.27. The maximum absolute atomic E-state index is 10.7. The second-order valence-corrected chi connectivity index (χ2v) is 8.32. The van der Waals surface area contributed by atoms with Crippen LogP contribution in [0.5, 0.6) is 11.5 Å². The number of hydrogen-bond donors (Lipinski definition) is 2. The molecule has 0 saturated carbocycles. The van der Waals surface area contributed by atoms with Gasteiger partial charge in [0, 0.05) is 26.2 Å². The second-order valence-electron chi connectivity index (χ2n) is 8.32. The number of benzene rings is 1. The molecule has 11 heteroatoms. The highest BCUT2D eigenvalue weighted by molar-refractivity contribution is 5.81. The molecule has 0 unspecified atom stereocenters. The SMILES string of the molecule is COc1cc(C=NNc2nc(N3CCCCC3)nc(N3CCCCC3)n2)ccc1OCC(=O)O. The van der Waals surface area contributed by atoms with Gasteiger partial charge in [-0.25, -0.2) is 10.2 Å². The van der Waals surface area contributed by atoms with Gasteiger partial charge in [0.15, 0.2) is 18.1 Å². The van der Waals surface area contributed by atoms with Gasteiger partial charge in [0.05, 0.1) is 13.3 Å². The normalized spacial score (nSPS) is 16.5. The van der Waals surface area contributed by atoms with Crippen molar-refractivity contribution in [3.63, 3.8) is 0 Å². The fraction of sp³-hybridized carbons (Fsp3) is 0.522. The second kappa shape index (κ2) is 11.5. The molecule has 2 aliphatic heterocycles. The number of nitrogens with one attached hydrogen (secondary N) is 1. The van der Waals surface area contributed by atoms with E-state index in [-0.39, 0.29) is 0 Å². The van der Waals surface area contributed by atoms with E-state index in [0.29, 0.717) is 29.3 Å². The lowest BCUT2D eigenvalue weighted by atomic mass is 10.1. The third kappa shape index (κ3) is 6.24. The van der Waals surface area contributed by atoms with E-state index in [0.717, 1.165) is 57.4 Å². The zero-order valence-electron chi connectivity index (χ0n) is 19.4. The Bertz CT molecular complexity index is 969. The van der Waals surface area contributed by atoms with Gasteiger partial charge in [0.2, 0.25) is 17.8 Å². The van der Waals surface area contributed by atoms with Crippen molar-refractivity contribution >= 4 is 30.0 Å². The van der Waals surface area contributed by atoms with Gasteiger partial charge in [-0.1, -0.05) is 0 Å². The number of nitrogens with zero attached hydrogens (tertiary/aromatic N) is 6. The first kappa shape index (κ1) is 23.5. The first-order valence-electron chi connectivity index (χ1n) is 11.7. The van der Waals surface area contributed by atoms with Gasteiger partial charge in [-0.3, -0.25) is 0 Å². The number of hydrazone groups is 1. The smallest absolute Gasteiger partial charge is 0.341 e. The molecule has 4 rings (SSSR count). The molecule has 11 nitrogen and oxygen atoms in total. The van der Waals surface area contributed by atoms with Gasteiger partial charge in [0.25, 0.3) is 0 Å². The summed E-state index contributed by atoms with van der Waals surface area (Å²) in [5, 5.41) is 13.1. The number of anilines is 3. The molecule has 2 fully saturated rings. The molecule has 34 heavy (non-hydrogen) atoms. The van der Waals surface area contributed by atoms with Crippen molar-refractivity contribution in [1.82, 2.24) is 15.0 Å². The van der Waals surface area contributed by atoms with Crippen LogP contribution in [0.1, 0.15) is 44.1 Å². The maximum Gasteiger partial charge on any atom is 0.341 e. The molecule has 2 aromatic rings. The number of piperidine rings is 2. The molecule has 0 spiro atoms. The van der Waals surface area contributed by atoms with Gasteiger partial charge in [0.1, 0.15) is 0 Å². The molecule has 2 saturated heterocycles. The quantitative estimate of drug-likeness (QED) is 0.418. The van der Waals surface area contributed by atoms with Crippen molar-refractivity contribution in [2.45, 2.75) is 38.5 Å². The summed E-state index contributed by atoms with van der Waals surface area (Å²) in [7, 11) is 1.50. The third-order valence-electron chi connectivity index (χ3n) is 5.81. The van der Waals surface area contributed by atoms with Crippen molar-refractivity contribution in [1.29, 1.82) is 0 Å². The summed E-state index contributed by atoms with van der Waals surface area (Å²) in [5.41, 5.74) is 3.69. The fourth-order valence-corrected chi connectivity index (χ4v) is 4.06. The lowest BCUT2D eigenvalue weighted by Crippen LogP contribution is -2.34. The van der Waals surface area contributed by atoms with E-state index in [2.05, 4.69) is 30.3 Å².